The number of likely N-dealkylation sites (tertiary alicyclic amines) is 1. The highest BCUT2D eigenvalue weighted by molar-refractivity contribution is 5.05. The molecule has 1 aliphatic rings. The van der Waals surface area contributed by atoms with Gasteiger partial charge in [-0.1, -0.05) is 12.1 Å². The lowest BCUT2D eigenvalue weighted by Gasteiger charge is -2.31. The molecule has 1 aromatic heterocycles. The molecule has 2 N–H and O–H groups in total. The molecule has 1 fully saturated rings. The van der Waals surface area contributed by atoms with Crippen LogP contribution in [-0.2, 0) is 13.0 Å². The van der Waals surface area contributed by atoms with E-state index in [4.69, 9.17) is 10.3 Å². The summed E-state index contributed by atoms with van der Waals surface area (Å²) >= 11 is 0. The van der Waals surface area contributed by atoms with Crippen LogP contribution in [0.2, 0.25) is 0 Å². The van der Waals surface area contributed by atoms with Gasteiger partial charge in [0, 0.05) is 25.6 Å². The second kappa shape index (κ2) is 5.46. The lowest BCUT2D eigenvalue weighted by molar-refractivity contribution is 0.175. The number of nitrogens with two attached hydrogens (primary N) is 1. The molecule has 1 aromatic rings. The molecule has 2 heterocycles. The van der Waals surface area contributed by atoms with Gasteiger partial charge in [0.25, 0.3) is 0 Å². The van der Waals surface area contributed by atoms with E-state index >= 15 is 0 Å². The van der Waals surface area contributed by atoms with E-state index in [0.29, 0.717) is 12.5 Å². The Morgan fingerprint density at radius 3 is 3.19 bits per heavy atom. The Bertz CT molecular complexity index is 324. The molecule has 0 spiro atoms. The van der Waals surface area contributed by atoms with E-state index in [2.05, 4.69) is 17.0 Å². The SMILES string of the molecule is CCN1CCCC(Cc2cc(CN)no2)C1. The van der Waals surface area contributed by atoms with Gasteiger partial charge in [-0.05, 0) is 31.8 Å². The van der Waals surface area contributed by atoms with Crippen LogP contribution < -0.4 is 5.73 Å². The molecule has 1 unspecified atom stereocenters. The van der Waals surface area contributed by atoms with Crippen LogP contribution >= 0.6 is 0 Å². The average molecular weight is 223 g/mol. The highest BCUT2D eigenvalue weighted by Crippen LogP contribution is 2.20. The van der Waals surface area contributed by atoms with Crippen molar-refractivity contribution >= 4 is 0 Å². The molecule has 0 saturated carbocycles. The van der Waals surface area contributed by atoms with Crippen molar-refractivity contribution in [3.63, 3.8) is 0 Å². The number of nitrogens with zero attached hydrogens (tertiary/aromatic N) is 2. The molecule has 0 aromatic carbocycles. The largest absolute Gasteiger partial charge is 0.361 e. The monoisotopic (exact) mass is 223 g/mol. The molecule has 1 saturated heterocycles. The zero-order chi connectivity index (χ0) is 11.4. The average Bonchev–Trinajstić information content (AvgIpc) is 2.77. The van der Waals surface area contributed by atoms with Crippen LogP contribution in [0, 0.1) is 5.92 Å². The predicted octanol–water partition coefficient (Wildman–Crippen LogP) is 1.41. The molecule has 16 heavy (non-hydrogen) atoms. The third-order valence-corrected chi connectivity index (χ3v) is 3.36. The molecule has 0 bridgehead atoms. The number of hydrogen-bond donors (Lipinski definition) is 1. The second-order valence-electron chi connectivity index (χ2n) is 4.59. The van der Waals surface area contributed by atoms with Gasteiger partial charge in [-0.2, -0.15) is 0 Å². The minimum atomic E-state index is 0.468. The van der Waals surface area contributed by atoms with E-state index in [1.54, 1.807) is 0 Å². The van der Waals surface area contributed by atoms with E-state index in [-0.39, 0.29) is 0 Å². The summed E-state index contributed by atoms with van der Waals surface area (Å²) in [5.41, 5.74) is 6.37. The van der Waals surface area contributed by atoms with E-state index in [9.17, 15) is 0 Å². The van der Waals surface area contributed by atoms with Gasteiger partial charge in [0.05, 0.1) is 5.69 Å². The number of aromatic nitrogens is 1. The van der Waals surface area contributed by atoms with Gasteiger partial charge < -0.3 is 15.2 Å². The normalized spacial score (nSPS) is 22.5. The highest BCUT2D eigenvalue weighted by atomic mass is 16.5. The Hall–Kier alpha value is -0.870. The molecule has 1 aliphatic heterocycles. The standard InChI is InChI=1S/C12H21N3O/c1-2-15-5-3-4-10(9-15)6-12-7-11(8-13)14-16-12/h7,10H,2-6,8-9,13H2,1H3. The van der Waals surface area contributed by atoms with Crippen molar-refractivity contribution in [2.75, 3.05) is 19.6 Å². The van der Waals surface area contributed by atoms with E-state index < -0.39 is 0 Å². The Morgan fingerprint density at radius 1 is 1.62 bits per heavy atom. The first-order chi connectivity index (χ1) is 7.81. The molecule has 4 nitrogen and oxygen atoms in total. The summed E-state index contributed by atoms with van der Waals surface area (Å²) in [6, 6.07) is 1.99. The zero-order valence-corrected chi connectivity index (χ0v) is 9.98. The van der Waals surface area contributed by atoms with Gasteiger partial charge in [-0.15, -0.1) is 0 Å². The second-order valence-corrected chi connectivity index (χ2v) is 4.59. The molecule has 1 atom stereocenters. The Labute approximate surface area is 96.8 Å². The van der Waals surface area contributed by atoms with Crippen molar-refractivity contribution in [1.82, 2.24) is 10.1 Å². The molecule has 4 heteroatoms. The molecular formula is C12H21N3O. The summed E-state index contributed by atoms with van der Waals surface area (Å²) in [5.74, 6) is 1.70. The quantitative estimate of drug-likeness (QED) is 0.838. The predicted molar refractivity (Wildman–Crippen MR) is 62.9 cm³/mol. The summed E-state index contributed by atoms with van der Waals surface area (Å²) in [7, 11) is 0. The smallest absolute Gasteiger partial charge is 0.137 e. The van der Waals surface area contributed by atoms with Crippen LogP contribution in [0.1, 0.15) is 31.2 Å². The van der Waals surface area contributed by atoms with E-state index in [1.165, 1.54) is 25.9 Å². The van der Waals surface area contributed by atoms with Crippen molar-refractivity contribution < 1.29 is 4.52 Å². The summed E-state index contributed by atoms with van der Waals surface area (Å²) in [4.78, 5) is 2.51. The topological polar surface area (TPSA) is 55.3 Å². The van der Waals surface area contributed by atoms with Crippen LogP contribution in [0.4, 0.5) is 0 Å². The van der Waals surface area contributed by atoms with Crippen molar-refractivity contribution in [2.24, 2.45) is 11.7 Å². The third-order valence-electron chi connectivity index (χ3n) is 3.36. The maximum atomic E-state index is 5.51. The number of piperidine rings is 1. The zero-order valence-electron chi connectivity index (χ0n) is 9.98. The molecule has 0 aliphatic carbocycles. The number of rotatable bonds is 4. The van der Waals surface area contributed by atoms with Crippen molar-refractivity contribution in [3.05, 3.63) is 17.5 Å². The van der Waals surface area contributed by atoms with Crippen molar-refractivity contribution in [1.29, 1.82) is 0 Å². The molecule has 90 valence electrons. The maximum absolute atomic E-state index is 5.51. The fourth-order valence-corrected chi connectivity index (χ4v) is 2.44. The van der Waals surface area contributed by atoms with Crippen molar-refractivity contribution in [2.45, 2.75) is 32.7 Å². The van der Waals surface area contributed by atoms with Gasteiger partial charge in [-0.25, -0.2) is 0 Å². The van der Waals surface area contributed by atoms with E-state index in [0.717, 1.165) is 24.4 Å². The lowest BCUT2D eigenvalue weighted by atomic mass is 9.94. The fourth-order valence-electron chi connectivity index (χ4n) is 2.44. The Balaban J connectivity index is 1.88. The summed E-state index contributed by atoms with van der Waals surface area (Å²) < 4.78 is 5.28. The lowest BCUT2D eigenvalue weighted by Crippen LogP contribution is -2.35. The van der Waals surface area contributed by atoms with E-state index in [1.807, 2.05) is 6.07 Å². The molecule has 0 radical (unpaired) electrons. The first-order valence-electron chi connectivity index (χ1n) is 6.18. The molecule has 2 rings (SSSR count). The maximum Gasteiger partial charge on any atom is 0.137 e. The van der Waals surface area contributed by atoms with Crippen molar-refractivity contribution in [3.8, 4) is 0 Å². The fraction of sp³-hybridized carbons (Fsp3) is 0.750. The minimum Gasteiger partial charge on any atom is -0.361 e. The first kappa shape index (κ1) is 11.6. The Kier molecular flexibility index (Phi) is 3.96. The van der Waals surface area contributed by atoms with Gasteiger partial charge in [0.1, 0.15) is 5.76 Å². The molecule has 0 amide bonds. The molecular weight excluding hydrogens is 202 g/mol. The van der Waals surface area contributed by atoms with Crippen LogP contribution in [0.5, 0.6) is 0 Å². The summed E-state index contributed by atoms with van der Waals surface area (Å²) in [6.45, 7) is 6.28. The highest BCUT2D eigenvalue weighted by Gasteiger charge is 2.20. The van der Waals surface area contributed by atoms with Gasteiger partial charge in [0.15, 0.2) is 0 Å². The first-order valence-corrected chi connectivity index (χ1v) is 6.18. The Morgan fingerprint density at radius 2 is 2.50 bits per heavy atom. The number of hydrogen-bond acceptors (Lipinski definition) is 4. The minimum absolute atomic E-state index is 0.468. The van der Waals surface area contributed by atoms with Crippen LogP contribution in [0.25, 0.3) is 0 Å². The third kappa shape index (κ3) is 2.83. The van der Waals surface area contributed by atoms with Crippen LogP contribution in [0.3, 0.4) is 0 Å². The summed E-state index contributed by atoms with van der Waals surface area (Å²) in [5, 5.41) is 3.93. The van der Waals surface area contributed by atoms with Crippen LogP contribution in [-0.4, -0.2) is 29.7 Å². The van der Waals surface area contributed by atoms with Crippen LogP contribution in [0.15, 0.2) is 10.6 Å². The van der Waals surface area contributed by atoms with Gasteiger partial charge in [0.2, 0.25) is 0 Å². The van der Waals surface area contributed by atoms with Gasteiger partial charge in [-0.3, -0.25) is 0 Å². The summed E-state index contributed by atoms with van der Waals surface area (Å²) in [6.07, 6.45) is 3.61. The van der Waals surface area contributed by atoms with Gasteiger partial charge >= 0.3 is 0 Å².